The number of rotatable bonds is 7. The first kappa shape index (κ1) is 16.0. The summed E-state index contributed by atoms with van der Waals surface area (Å²) in [5.74, 6) is 0.972. The van der Waals surface area contributed by atoms with Gasteiger partial charge in [0.2, 0.25) is 0 Å². The van der Waals surface area contributed by atoms with E-state index in [1.807, 2.05) is 43.4 Å². The number of nitrogens with one attached hydrogen (secondary N) is 1. The van der Waals surface area contributed by atoms with Crippen LogP contribution in [0.25, 0.3) is 0 Å². The second-order valence-electron chi connectivity index (χ2n) is 4.90. The lowest BCUT2D eigenvalue weighted by atomic mass is 9.96. The predicted octanol–water partition coefficient (Wildman–Crippen LogP) is 4.36. The van der Waals surface area contributed by atoms with E-state index in [4.69, 9.17) is 4.74 Å². The Hall–Kier alpha value is -1.39. The average molecular weight is 352 g/mol. The zero-order valence-electron chi connectivity index (χ0n) is 12.0. The van der Waals surface area contributed by atoms with Crippen LogP contribution in [-0.4, -0.2) is 20.2 Å². The fraction of sp³-hybridized carbons (Fsp3) is 0.294. The van der Waals surface area contributed by atoms with Crippen molar-refractivity contribution in [3.05, 3.63) is 64.4 Å². The van der Waals surface area contributed by atoms with Gasteiger partial charge in [-0.1, -0.05) is 28.1 Å². The number of benzene rings is 2. The molecular weight excluding hydrogens is 333 g/mol. The van der Waals surface area contributed by atoms with Gasteiger partial charge in [0.15, 0.2) is 0 Å². The van der Waals surface area contributed by atoms with Crippen molar-refractivity contribution in [3.8, 4) is 5.75 Å². The van der Waals surface area contributed by atoms with Crippen molar-refractivity contribution in [1.29, 1.82) is 0 Å². The first-order chi connectivity index (χ1) is 10.2. The van der Waals surface area contributed by atoms with Gasteiger partial charge < -0.3 is 10.1 Å². The summed E-state index contributed by atoms with van der Waals surface area (Å²) in [5.41, 5.74) is 1.13. The minimum atomic E-state index is -0.201. The molecule has 0 saturated heterocycles. The molecule has 0 heterocycles. The van der Waals surface area contributed by atoms with Crippen LogP contribution in [0, 0.1) is 5.82 Å². The number of halogens is 2. The van der Waals surface area contributed by atoms with Gasteiger partial charge in [-0.25, -0.2) is 4.39 Å². The van der Waals surface area contributed by atoms with Gasteiger partial charge in [-0.3, -0.25) is 0 Å². The maximum atomic E-state index is 13.0. The molecule has 0 aromatic heterocycles. The maximum Gasteiger partial charge on any atom is 0.123 e. The molecule has 21 heavy (non-hydrogen) atoms. The summed E-state index contributed by atoms with van der Waals surface area (Å²) in [6, 6.07) is 14.5. The van der Waals surface area contributed by atoms with E-state index in [9.17, 15) is 4.39 Å². The monoisotopic (exact) mass is 351 g/mol. The largest absolute Gasteiger partial charge is 0.494 e. The summed E-state index contributed by atoms with van der Waals surface area (Å²) in [6.45, 7) is 1.47. The second-order valence-corrected chi connectivity index (χ2v) is 5.81. The van der Waals surface area contributed by atoms with E-state index < -0.39 is 0 Å². The third-order valence-electron chi connectivity index (χ3n) is 3.34. The topological polar surface area (TPSA) is 21.3 Å². The van der Waals surface area contributed by atoms with Gasteiger partial charge in [-0.2, -0.15) is 0 Å². The molecule has 112 valence electrons. The van der Waals surface area contributed by atoms with Gasteiger partial charge in [0.1, 0.15) is 11.6 Å². The van der Waals surface area contributed by atoms with Crippen LogP contribution in [-0.2, 0) is 0 Å². The number of likely N-dealkylation sites (N-methyl/N-ethyl adjacent to an activating group) is 1. The minimum Gasteiger partial charge on any atom is -0.494 e. The summed E-state index contributed by atoms with van der Waals surface area (Å²) in [6.07, 6.45) is 0.878. The molecule has 4 heteroatoms. The van der Waals surface area contributed by atoms with Crippen molar-refractivity contribution < 1.29 is 9.13 Å². The van der Waals surface area contributed by atoms with Gasteiger partial charge >= 0.3 is 0 Å². The summed E-state index contributed by atoms with van der Waals surface area (Å²) in [4.78, 5) is 0. The highest BCUT2D eigenvalue weighted by atomic mass is 79.9. The molecule has 2 nitrogen and oxygen atoms in total. The Morgan fingerprint density at radius 2 is 1.76 bits per heavy atom. The Kier molecular flexibility index (Phi) is 6.21. The minimum absolute atomic E-state index is 0.201. The first-order valence-electron chi connectivity index (χ1n) is 6.97. The smallest absolute Gasteiger partial charge is 0.123 e. The van der Waals surface area contributed by atoms with Crippen molar-refractivity contribution in [2.75, 3.05) is 20.2 Å². The molecule has 0 amide bonds. The van der Waals surface area contributed by atoms with Crippen molar-refractivity contribution in [2.24, 2.45) is 0 Å². The number of ether oxygens (including phenoxy) is 1. The van der Waals surface area contributed by atoms with Crippen LogP contribution >= 0.6 is 15.9 Å². The van der Waals surface area contributed by atoms with Gasteiger partial charge in [-0.15, -0.1) is 0 Å². The summed E-state index contributed by atoms with van der Waals surface area (Å²) < 4.78 is 19.8. The van der Waals surface area contributed by atoms with Crippen LogP contribution < -0.4 is 10.1 Å². The molecular formula is C17H19BrFNO. The van der Waals surface area contributed by atoms with Gasteiger partial charge in [0.05, 0.1) is 6.61 Å². The third-order valence-corrected chi connectivity index (χ3v) is 3.87. The SMILES string of the molecule is CNCC(CCOc1ccc(Br)cc1)c1ccc(F)cc1. The van der Waals surface area contributed by atoms with Crippen molar-refractivity contribution in [3.63, 3.8) is 0 Å². The first-order valence-corrected chi connectivity index (χ1v) is 7.77. The lowest BCUT2D eigenvalue weighted by Crippen LogP contribution is -2.19. The Labute approximate surface area is 133 Å². The molecule has 1 N–H and O–H groups in total. The van der Waals surface area contributed by atoms with Gasteiger partial charge in [-0.05, 0) is 61.3 Å². The van der Waals surface area contributed by atoms with Gasteiger partial charge in [0.25, 0.3) is 0 Å². The molecule has 0 aliphatic carbocycles. The van der Waals surface area contributed by atoms with Crippen LogP contribution in [0.15, 0.2) is 53.0 Å². The second kappa shape index (κ2) is 8.15. The number of hydrogen-bond donors (Lipinski definition) is 1. The fourth-order valence-corrected chi connectivity index (χ4v) is 2.48. The number of hydrogen-bond acceptors (Lipinski definition) is 2. The highest BCUT2D eigenvalue weighted by Crippen LogP contribution is 2.21. The Balaban J connectivity index is 1.90. The highest BCUT2D eigenvalue weighted by molar-refractivity contribution is 9.10. The lowest BCUT2D eigenvalue weighted by Gasteiger charge is -2.17. The fourth-order valence-electron chi connectivity index (χ4n) is 2.22. The summed E-state index contributed by atoms with van der Waals surface area (Å²) in [7, 11) is 1.92. The van der Waals surface area contributed by atoms with Crippen LogP contribution in [0.4, 0.5) is 4.39 Å². The molecule has 2 aromatic carbocycles. The molecule has 0 aliphatic heterocycles. The maximum absolute atomic E-state index is 13.0. The van der Waals surface area contributed by atoms with Crippen LogP contribution in [0.3, 0.4) is 0 Å². The molecule has 1 atom stereocenters. The highest BCUT2D eigenvalue weighted by Gasteiger charge is 2.11. The van der Waals surface area contributed by atoms with E-state index in [1.54, 1.807) is 0 Å². The van der Waals surface area contributed by atoms with E-state index in [0.29, 0.717) is 12.5 Å². The van der Waals surface area contributed by atoms with Gasteiger partial charge in [0, 0.05) is 11.0 Å². The Bertz CT molecular complexity index is 542. The Morgan fingerprint density at radius 1 is 1.10 bits per heavy atom. The molecule has 2 rings (SSSR count). The normalized spacial score (nSPS) is 12.1. The third kappa shape index (κ3) is 5.14. The molecule has 0 spiro atoms. The van der Waals surface area contributed by atoms with E-state index >= 15 is 0 Å². The zero-order chi connectivity index (χ0) is 15.1. The van der Waals surface area contributed by atoms with Crippen LogP contribution in [0.5, 0.6) is 5.75 Å². The van der Waals surface area contributed by atoms with Crippen molar-refractivity contribution in [2.45, 2.75) is 12.3 Å². The standard InChI is InChI=1S/C17H19BrFNO/c1-20-12-14(13-2-6-16(19)7-3-13)10-11-21-17-8-4-15(18)5-9-17/h2-9,14,20H,10-12H2,1H3. The Morgan fingerprint density at radius 3 is 2.38 bits per heavy atom. The van der Waals surface area contributed by atoms with Crippen molar-refractivity contribution >= 4 is 15.9 Å². The van der Waals surface area contributed by atoms with Crippen molar-refractivity contribution in [1.82, 2.24) is 5.32 Å². The summed E-state index contributed by atoms with van der Waals surface area (Å²) >= 11 is 3.40. The lowest BCUT2D eigenvalue weighted by molar-refractivity contribution is 0.296. The van der Waals surface area contributed by atoms with Crippen LogP contribution in [0.2, 0.25) is 0 Å². The van der Waals surface area contributed by atoms with E-state index in [-0.39, 0.29) is 5.82 Å². The van der Waals surface area contributed by atoms with E-state index in [0.717, 1.165) is 28.8 Å². The zero-order valence-corrected chi connectivity index (χ0v) is 13.6. The molecule has 1 unspecified atom stereocenters. The molecule has 0 fully saturated rings. The molecule has 0 radical (unpaired) electrons. The molecule has 0 bridgehead atoms. The quantitative estimate of drug-likeness (QED) is 0.800. The average Bonchev–Trinajstić information content (AvgIpc) is 2.49. The van der Waals surface area contributed by atoms with Crippen LogP contribution in [0.1, 0.15) is 17.9 Å². The van der Waals surface area contributed by atoms with E-state index in [1.165, 1.54) is 12.1 Å². The molecule has 0 saturated carbocycles. The summed E-state index contributed by atoms with van der Waals surface area (Å²) in [5, 5.41) is 3.18. The van der Waals surface area contributed by atoms with E-state index in [2.05, 4.69) is 21.2 Å². The molecule has 0 aliphatic rings. The predicted molar refractivity (Wildman–Crippen MR) is 87.3 cm³/mol. The molecule has 2 aromatic rings.